The zero-order chi connectivity index (χ0) is 14.5. The molecule has 1 unspecified atom stereocenters. The molecule has 2 rings (SSSR count). The molecule has 4 nitrogen and oxygen atoms in total. The maximum atomic E-state index is 10.6. The lowest BCUT2D eigenvalue weighted by atomic mass is 9.95. The number of alkyl halides is 3. The van der Waals surface area contributed by atoms with Crippen molar-refractivity contribution in [3.63, 3.8) is 0 Å². The number of hydrogen-bond acceptors (Lipinski definition) is 3. The van der Waals surface area contributed by atoms with Gasteiger partial charge >= 0.3 is 12.1 Å². The van der Waals surface area contributed by atoms with Crippen molar-refractivity contribution < 1.29 is 23.1 Å². The summed E-state index contributed by atoms with van der Waals surface area (Å²) in [5.74, 6) is -2.62. The number of nitrogens with zero attached hydrogens (tertiary/aromatic N) is 1. The third-order valence-electron chi connectivity index (χ3n) is 2.45. The van der Waals surface area contributed by atoms with Gasteiger partial charge in [0.25, 0.3) is 0 Å². The number of benzene rings is 1. The van der Waals surface area contributed by atoms with Crippen molar-refractivity contribution in [2.24, 2.45) is 5.92 Å². The van der Waals surface area contributed by atoms with Gasteiger partial charge in [-0.05, 0) is 18.1 Å². The molecule has 1 aliphatic heterocycles. The average Bonchev–Trinajstić information content (AvgIpc) is 2.37. The Morgan fingerprint density at radius 3 is 2.53 bits per heavy atom. The fourth-order valence-electron chi connectivity index (χ4n) is 1.53. The summed E-state index contributed by atoms with van der Waals surface area (Å²) in [4.78, 5) is 8.90. The van der Waals surface area contributed by atoms with Crippen molar-refractivity contribution in [1.29, 1.82) is 5.26 Å². The molecule has 0 aliphatic carbocycles. The van der Waals surface area contributed by atoms with Gasteiger partial charge in [0.15, 0.2) is 0 Å². The number of anilines is 1. The summed E-state index contributed by atoms with van der Waals surface area (Å²) in [6, 6.07) is 10.4. The number of nitriles is 1. The van der Waals surface area contributed by atoms with Crippen LogP contribution in [0.15, 0.2) is 24.3 Å². The van der Waals surface area contributed by atoms with E-state index in [2.05, 4.69) is 23.5 Å². The number of aliphatic carboxylic acids is 1. The number of halogens is 3. The fraction of sp³-hybridized carbons (Fsp3) is 0.333. The van der Waals surface area contributed by atoms with Gasteiger partial charge in [0, 0.05) is 12.2 Å². The van der Waals surface area contributed by atoms with Crippen LogP contribution >= 0.6 is 0 Å². The predicted octanol–water partition coefficient (Wildman–Crippen LogP) is 2.43. The SMILES string of the molecule is N#CC1CNc2ccccc2C1.O=C(O)C(F)(F)F. The van der Waals surface area contributed by atoms with Gasteiger partial charge < -0.3 is 10.4 Å². The zero-order valence-electron chi connectivity index (χ0n) is 9.74. The molecule has 19 heavy (non-hydrogen) atoms. The molecule has 0 spiro atoms. The number of nitrogens with one attached hydrogen (secondary N) is 1. The highest BCUT2D eigenvalue weighted by atomic mass is 19.4. The first kappa shape index (κ1) is 14.8. The van der Waals surface area contributed by atoms with E-state index in [9.17, 15) is 13.2 Å². The maximum absolute atomic E-state index is 10.6. The molecule has 1 heterocycles. The largest absolute Gasteiger partial charge is 0.490 e. The molecule has 1 aromatic rings. The molecule has 0 aromatic heterocycles. The first-order chi connectivity index (χ1) is 8.84. The first-order valence-electron chi connectivity index (χ1n) is 5.36. The number of carboxylic acid groups (broad SMARTS) is 1. The van der Waals surface area contributed by atoms with Gasteiger partial charge in [-0.3, -0.25) is 0 Å². The lowest BCUT2D eigenvalue weighted by Crippen LogP contribution is -2.21. The smallest absolute Gasteiger partial charge is 0.475 e. The summed E-state index contributed by atoms with van der Waals surface area (Å²) in [6.07, 6.45) is -4.19. The minimum Gasteiger partial charge on any atom is -0.475 e. The lowest BCUT2D eigenvalue weighted by Gasteiger charge is -2.21. The average molecular weight is 272 g/mol. The minimum atomic E-state index is -5.08. The standard InChI is InChI=1S/C10H10N2.C2HF3O2/c11-6-8-5-9-3-1-2-4-10(9)12-7-8;3-2(4,5)1(6)7/h1-4,8,12H,5,7H2;(H,6,7). The Balaban J connectivity index is 0.000000224. The second kappa shape index (κ2) is 6.09. The predicted molar refractivity (Wildman–Crippen MR) is 61.4 cm³/mol. The Morgan fingerprint density at radius 1 is 1.42 bits per heavy atom. The summed E-state index contributed by atoms with van der Waals surface area (Å²) in [6.45, 7) is 0.785. The topological polar surface area (TPSA) is 73.1 Å². The van der Waals surface area contributed by atoms with Gasteiger partial charge in [0.05, 0.1) is 12.0 Å². The van der Waals surface area contributed by atoms with Crippen LogP contribution in [-0.2, 0) is 11.2 Å². The van der Waals surface area contributed by atoms with E-state index < -0.39 is 12.1 Å². The molecular formula is C12H11F3N2O2. The number of fused-ring (bicyclic) bond motifs is 1. The van der Waals surface area contributed by atoms with E-state index in [1.54, 1.807) is 0 Å². The molecule has 1 aliphatic rings. The van der Waals surface area contributed by atoms with E-state index in [0.29, 0.717) is 0 Å². The van der Waals surface area contributed by atoms with E-state index in [1.807, 2.05) is 12.1 Å². The lowest BCUT2D eigenvalue weighted by molar-refractivity contribution is -0.192. The monoisotopic (exact) mass is 272 g/mol. The molecule has 7 heteroatoms. The number of para-hydroxylation sites is 1. The molecule has 2 N–H and O–H groups in total. The summed E-state index contributed by atoms with van der Waals surface area (Å²) >= 11 is 0. The van der Waals surface area contributed by atoms with Gasteiger partial charge in [0.1, 0.15) is 0 Å². The van der Waals surface area contributed by atoms with Crippen LogP contribution in [0.25, 0.3) is 0 Å². The molecule has 102 valence electrons. The Bertz CT molecular complexity index is 494. The highest BCUT2D eigenvalue weighted by Crippen LogP contribution is 2.23. The number of carboxylic acids is 1. The Kier molecular flexibility index (Phi) is 4.75. The van der Waals surface area contributed by atoms with E-state index in [4.69, 9.17) is 15.2 Å². The van der Waals surface area contributed by atoms with E-state index >= 15 is 0 Å². The van der Waals surface area contributed by atoms with Gasteiger partial charge in [-0.1, -0.05) is 18.2 Å². The molecule has 0 bridgehead atoms. The normalized spacial score (nSPS) is 17.1. The van der Waals surface area contributed by atoms with Crippen LogP contribution in [0.1, 0.15) is 5.56 Å². The number of rotatable bonds is 0. The van der Waals surface area contributed by atoms with Crippen LogP contribution in [-0.4, -0.2) is 23.8 Å². The molecule has 0 amide bonds. The molecule has 0 saturated carbocycles. The summed E-state index contributed by atoms with van der Waals surface area (Å²) < 4.78 is 31.7. The summed E-state index contributed by atoms with van der Waals surface area (Å²) in [5.41, 5.74) is 2.44. The van der Waals surface area contributed by atoms with Gasteiger partial charge in [0.2, 0.25) is 0 Å². The highest BCUT2D eigenvalue weighted by molar-refractivity contribution is 5.73. The second-order valence-electron chi connectivity index (χ2n) is 3.87. The maximum Gasteiger partial charge on any atom is 0.490 e. The zero-order valence-corrected chi connectivity index (χ0v) is 9.74. The van der Waals surface area contributed by atoms with Crippen LogP contribution in [0.5, 0.6) is 0 Å². The van der Waals surface area contributed by atoms with Crippen molar-refractivity contribution in [2.45, 2.75) is 12.6 Å². The molecule has 0 radical (unpaired) electrons. The van der Waals surface area contributed by atoms with Crippen molar-refractivity contribution in [2.75, 3.05) is 11.9 Å². The Labute approximate surface area is 107 Å². The van der Waals surface area contributed by atoms with E-state index in [0.717, 1.165) is 13.0 Å². The molecule has 1 atom stereocenters. The van der Waals surface area contributed by atoms with Crippen LogP contribution in [0, 0.1) is 17.2 Å². The number of carbonyl (C=O) groups is 1. The Hall–Kier alpha value is -2.23. The molecule has 1 aromatic carbocycles. The minimum absolute atomic E-state index is 0.139. The first-order valence-corrected chi connectivity index (χ1v) is 5.36. The quantitative estimate of drug-likeness (QED) is 0.760. The van der Waals surface area contributed by atoms with Crippen molar-refractivity contribution in [3.8, 4) is 6.07 Å². The third-order valence-corrected chi connectivity index (χ3v) is 2.45. The van der Waals surface area contributed by atoms with Crippen molar-refractivity contribution in [1.82, 2.24) is 0 Å². The van der Waals surface area contributed by atoms with Gasteiger partial charge in [-0.15, -0.1) is 0 Å². The van der Waals surface area contributed by atoms with E-state index in [1.165, 1.54) is 11.3 Å². The van der Waals surface area contributed by atoms with Crippen LogP contribution in [0.2, 0.25) is 0 Å². The molecule has 0 fully saturated rings. The van der Waals surface area contributed by atoms with Crippen LogP contribution < -0.4 is 5.32 Å². The third kappa shape index (κ3) is 4.50. The van der Waals surface area contributed by atoms with E-state index in [-0.39, 0.29) is 5.92 Å². The molecule has 0 saturated heterocycles. The van der Waals surface area contributed by atoms with Crippen LogP contribution in [0.3, 0.4) is 0 Å². The Morgan fingerprint density at radius 2 is 2.00 bits per heavy atom. The summed E-state index contributed by atoms with van der Waals surface area (Å²) in [5, 5.41) is 19.1. The van der Waals surface area contributed by atoms with Gasteiger partial charge in [-0.2, -0.15) is 18.4 Å². The summed E-state index contributed by atoms with van der Waals surface area (Å²) in [7, 11) is 0. The van der Waals surface area contributed by atoms with Gasteiger partial charge in [-0.25, -0.2) is 4.79 Å². The number of hydrogen-bond donors (Lipinski definition) is 2. The van der Waals surface area contributed by atoms with Crippen molar-refractivity contribution in [3.05, 3.63) is 29.8 Å². The fourth-order valence-corrected chi connectivity index (χ4v) is 1.53. The highest BCUT2D eigenvalue weighted by Gasteiger charge is 2.38. The second-order valence-corrected chi connectivity index (χ2v) is 3.87. The van der Waals surface area contributed by atoms with Crippen LogP contribution in [0.4, 0.5) is 18.9 Å². The van der Waals surface area contributed by atoms with Crippen molar-refractivity contribution >= 4 is 11.7 Å². The molecular weight excluding hydrogens is 261 g/mol.